The minimum absolute atomic E-state index is 0. The number of nitrogens with zero attached hydrogens (tertiary/aromatic N) is 1. The maximum Gasteiger partial charge on any atom is 0.390 e. The van der Waals surface area contributed by atoms with E-state index >= 15 is 0 Å². The Bertz CT molecular complexity index is 509. The van der Waals surface area contributed by atoms with Crippen LogP contribution in [0.5, 0.6) is 0 Å². The summed E-state index contributed by atoms with van der Waals surface area (Å²) in [7, 11) is 0. The second-order valence-corrected chi connectivity index (χ2v) is 5.45. The number of hydrogen-bond acceptors (Lipinski definition) is 1. The molecule has 1 rings (SSSR count). The van der Waals surface area contributed by atoms with Crippen LogP contribution >= 0.6 is 39.9 Å². The van der Waals surface area contributed by atoms with Crippen LogP contribution in [0.4, 0.5) is 17.6 Å². The van der Waals surface area contributed by atoms with E-state index in [0.29, 0.717) is 31.0 Å². The summed E-state index contributed by atoms with van der Waals surface area (Å²) in [5.74, 6) is -0.0221. The Kier molecular flexibility index (Phi) is 10.8. The summed E-state index contributed by atoms with van der Waals surface area (Å²) in [6.07, 6.45) is -4.79. The topological polar surface area (TPSA) is 36.4 Å². The van der Waals surface area contributed by atoms with Crippen molar-refractivity contribution in [3.8, 4) is 0 Å². The summed E-state index contributed by atoms with van der Waals surface area (Å²) in [5.41, 5.74) is 0.521. The van der Waals surface area contributed by atoms with Gasteiger partial charge in [-0.1, -0.05) is 15.9 Å². The quantitative estimate of drug-likeness (QED) is 0.259. The van der Waals surface area contributed by atoms with Crippen LogP contribution in [0.3, 0.4) is 0 Å². The standard InChI is InChI=1S/C14H18BrF4N3.HI/c1-2-20-13(22-8-6-14(17,18)19)21-7-5-10-9-11(15)3-4-12(10)16;/h3-4,9H,2,5-8H2,1H3,(H2,20,21,22);1H. The van der Waals surface area contributed by atoms with Gasteiger partial charge < -0.3 is 10.6 Å². The molecule has 23 heavy (non-hydrogen) atoms. The predicted octanol–water partition coefficient (Wildman–Crippen LogP) is 4.26. The van der Waals surface area contributed by atoms with Crippen LogP contribution in [-0.2, 0) is 6.42 Å². The summed E-state index contributed by atoms with van der Waals surface area (Å²) in [4.78, 5) is 3.84. The van der Waals surface area contributed by atoms with Crippen LogP contribution in [0.1, 0.15) is 18.9 Å². The molecule has 0 atom stereocenters. The fourth-order valence-electron chi connectivity index (χ4n) is 1.69. The number of aliphatic imine (C=N–C) groups is 1. The van der Waals surface area contributed by atoms with Gasteiger partial charge in [0.15, 0.2) is 5.96 Å². The molecule has 1 aromatic rings. The minimum atomic E-state index is -4.22. The molecule has 0 aliphatic rings. The van der Waals surface area contributed by atoms with Gasteiger partial charge in [0.2, 0.25) is 0 Å². The molecule has 132 valence electrons. The van der Waals surface area contributed by atoms with Crippen LogP contribution < -0.4 is 10.6 Å². The highest BCUT2D eigenvalue weighted by Gasteiger charge is 2.26. The number of hydrogen-bond donors (Lipinski definition) is 2. The van der Waals surface area contributed by atoms with Crippen LogP contribution in [0.15, 0.2) is 27.7 Å². The van der Waals surface area contributed by atoms with Gasteiger partial charge in [-0.25, -0.2) is 4.39 Å². The molecule has 0 heterocycles. The Balaban J connectivity index is 0.00000484. The highest BCUT2D eigenvalue weighted by molar-refractivity contribution is 14.0. The first-order valence-corrected chi connectivity index (χ1v) is 7.64. The van der Waals surface area contributed by atoms with Crippen molar-refractivity contribution < 1.29 is 17.6 Å². The van der Waals surface area contributed by atoms with E-state index in [9.17, 15) is 17.6 Å². The van der Waals surface area contributed by atoms with Crippen molar-refractivity contribution in [2.75, 3.05) is 19.6 Å². The van der Waals surface area contributed by atoms with E-state index in [2.05, 4.69) is 31.6 Å². The molecule has 0 unspecified atom stereocenters. The Labute approximate surface area is 158 Å². The summed E-state index contributed by atoms with van der Waals surface area (Å²) >= 11 is 3.27. The molecule has 0 saturated heterocycles. The first-order valence-electron chi connectivity index (χ1n) is 6.84. The number of halogens is 6. The van der Waals surface area contributed by atoms with Gasteiger partial charge in [0.05, 0.1) is 13.0 Å². The molecule has 0 radical (unpaired) electrons. The lowest BCUT2D eigenvalue weighted by Gasteiger charge is -2.12. The lowest BCUT2D eigenvalue weighted by molar-refractivity contribution is -0.132. The van der Waals surface area contributed by atoms with Crippen molar-refractivity contribution in [1.29, 1.82) is 0 Å². The third-order valence-electron chi connectivity index (χ3n) is 2.70. The average molecular weight is 512 g/mol. The minimum Gasteiger partial charge on any atom is -0.357 e. The van der Waals surface area contributed by atoms with Crippen molar-refractivity contribution >= 4 is 45.9 Å². The van der Waals surface area contributed by atoms with Gasteiger partial charge in [-0.3, -0.25) is 4.99 Å². The highest BCUT2D eigenvalue weighted by Crippen LogP contribution is 2.19. The SMILES string of the molecule is CCNC(=NCCC(F)(F)F)NCCc1cc(Br)ccc1F.I. The van der Waals surface area contributed by atoms with Gasteiger partial charge in [0.25, 0.3) is 0 Å². The Morgan fingerprint density at radius 3 is 2.57 bits per heavy atom. The highest BCUT2D eigenvalue weighted by atomic mass is 127. The van der Waals surface area contributed by atoms with Gasteiger partial charge >= 0.3 is 6.18 Å². The molecular formula is C14H19BrF4IN3. The Hall–Kier alpha value is -0.580. The first-order chi connectivity index (χ1) is 10.3. The lowest BCUT2D eigenvalue weighted by atomic mass is 10.1. The number of nitrogens with one attached hydrogen (secondary N) is 2. The van der Waals surface area contributed by atoms with Gasteiger partial charge in [-0.2, -0.15) is 13.2 Å². The first kappa shape index (κ1) is 22.4. The van der Waals surface area contributed by atoms with Crippen molar-refractivity contribution in [3.05, 3.63) is 34.1 Å². The number of benzene rings is 1. The van der Waals surface area contributed by atoms with E-state index < -0.39 is 12.6 Å². The third kappa shape index (κ3) is 10.0. The maximum absolute atomic E-state index is 13.6. The zero-order valence-electron chi connectivity index (χ0n) is 12.5. The van der Waals surface area contributed by atoms with Gasteiger partial charge in [0, 0.05) is 17.6 Å². The number of alkyl halides is 3. The summed E-state index contributed by atoms with van der Waals surface area (Å²) in [6, 6.07) is 4.64. The Morgan fingerprint density at radius 1 is 1.26 bits per heavy atom. The molecule has 0 spiro atoms. The molecule has 0 fully saturated rings. The monoisotopic (exact) mass is 511 g/mol. The Morgan fingerprint density at radius 2 is 1.96 bits per heavy atom. The zero-order chi connectivity index (χ0) is 16.6. The van der Waals surface area contributed by atoms with E-state index in [0.717, 1.165) is 4.47 Å². The molecule has 1 aromatic carbocycles. The molecule has 0 saturated carbocycles. The van der Waals surface area contributed by atoms with Crippen molar-refractivity contribution in [1.82, 2.24) is 10.6 Å². The second-order valence-electron chi connectivity index (χ2n) is 4.54. The summed E-state index contributed by atoms with van der Waals surface area (Å²) in [5, 5.41) is 5.74. The van der Waals surface area contributed by atoms with Crippen molar-refractivity contribution in [3.63, 3.8) is 0 Å². The molecule has 0 aliphatic heterocycles. The van der Waals surface area contributed by atoms with Crippen LogP contribution in [0.25, 0.3) is 0 Å². The third-order valence-corrected chi connectivity index (χ3v) is 3.20. The largest absolute Gasteiger partial charge is 0.390 e. The molecule has 3 nitrogen and oxygen atoms in total. The average Bonchev–Trinajstić information content (AvgIpc) is 2.41. The van der Waals surface area contributed by atoms with E-state index in [1.54, 1.807) is 12.1 Å². The van der Waals surface area contributed by atoms with E-state index in [1.807, 2.05) is 6.92 Å². The zero-order valence-corrected chi connectivity index (χ0v) is 16.4. The smallest absolute Gasteiger partial charge is 0.357 e. The molecular weight excluding hydrogens is 493 g/mol. The molecule has 0 bridgehead atoms. The van der Waals surface area contributed by atoms with E-state index in [4.69, 9.17) is 0 Å². The van der Waals surface area contributed by atoms with Crippen LogP contribution in [0, 0.1) is 5.82 Å². The normalized spacial score (nSPS) is 11.8. The molecule has 2 N–H and O–H groups in total. The second kappa shape index (κ2) is 11.1. The van der Waals surface area contributed by atoms with Crippen molar-refractivity contribution in [2.45, 2.75) is 25.9 Å². The van der Waals surface area contributed by atoms with Crippen LogP contribution in [0.2, 0.25) is 0 Å². The summed E-state index contributed by atoms with van der Waals surface area (Å²) in [6.45, 7) is 2.37. The van der Waals surface area contributed by atoms with E-state index in [-0.39, 0.29) is 36.3 Å². The molecule has 9 heteroatoms. The van der Waals surface area contributed by atoms with Gasteiger partial charge in [-0.05, 0) is 37.1 Å². The lowest BCUT2D eigenvalue weighted by Crippen LogP contribution is -2.38. The molecule has 0 aromatic heterocycles. The van der Waals surface area contributed by atoms with Gasteiger partial charge in [0.1, 0.15) is 5.82 Å². The maximum atomic E-state index is 13.6. The fourth-order valence-corrected chi connectivity index (χ4v) is 2.10. The van der Waals surface area contributed by atoms with Gasteiger partial charge in [-0.15, -0.1) is 24.0 Å². The number of rotatable bonds is 6. The fraction of sp³-hybridized carbons (Fsp3) is 0.500. The molecule has 0 aliphatic carbocycles. The summed E-state index contributed by atoms with van der Waals surface area (Å²) < 4.78 is 50.6. The predicted molar refractivity (Wildman–Crippen MR) is 97.9 cm³/mol. The molecule has 0 amide bonds. The van der Waals surface area contributed by atoms with E-state index in [1.165, 1.54) is 6.07 Å². The number of guanidine groups is 1. The van der Waals surface area contributed by atoms with Crippen LogP contribution in [-0.4, -0.2) is 31.8 Å². The van der Waals surface area contributed by atoms with Crippen molar-refractivity contribution in [2.24, 2.45) is 4.99 Å².